The fraction of sp³-hybridized carbons (Fsp3) is 0.364. The molecule has 0 radical (unpaired) electrons. The highest BCUT2D eigenvalue weighted by Crippen LogP contribution is 2.15. The first-order valence-corrected chi connectivity index (χ1v) is 5.20. The summed E-state index contributed by atoms with van der Waals surface area (Å²) >= 11 is 5.79. The third kappa shape index (κ3) is 3.53. The second-order valence-electron chi connectivity index (χ2n) is 3.77. The predicted octanol–water partition coefficient (Wildman–Crippen LogP) is 2.26. The minimum absolute atomic E-state index is 0.115. The van der Waals surface area contributed by atoms with Gasteiger partial charge in [0.15, 0.2) is 0 Å². The first-order chi connectivity index (χ1) is 7.00. The number of halogens is 1. The molecule has 0 heterocycles. The van der Waals surface area contributed by atoms with E-state index in [9.17, 15) is 4.79 Å². The molecular weight excluding hydrogens is 212 g/mol. The Morgan fingerprint density at radius 3 is 2.67 bits per heavy atom. The molecule has 1 aromatic carbocycles. The van der Waals surface area contributed by atoms with E-state index in [2.05, 4.69) is 5.32 Å². The van der Waals surface area contributed by atoms with Crippen molar-refractivity contribution in [3.63, 3.8) is 0 Å². The number of nitrogens with two attached hydrogens (primary N) is 1. The molecule has 15 heavy (non-hydrogen) atoms. The van der Waals surface area contributed by atoms with Crippen LogP contribution in [-0.4, -0.2) is 11.9 Å². The average Bonchev–Trinajstić information content (AvgIpc) is 2.16. The Hall–Kier alpha value is -1.06. The topological polar surface area (TPSA) is 55.1 Å². The Kier molecular flexibility index (Phi) is 4.12. The Bertz CT molecular complexity index is 352. The van der Waals surface area contributed by atoms with Crippen molar-refractivity contribution in [2.45, 2.75) is 19.9 Å². The molecule has 0 bridgehead atoms. The van der Waals surface area contributed by atoms with Gasteiger partial charge in [0.05, 0.1) is 6.04 Å². The second-order valence-corrected chi connectivity index (χ2v) is 4.21. The van der Waals surface area contributed by atoms with Gasteiger partial charge in [-0.1, -0.05) is 31.5 Å². The molecule has 0 saturated heterocycles. The van der Waals surface area contributed by atoms with E-state index in [0.29, 0.717) is 10.7 Å². The SMILES string of the molecule is CC(C)[C@@H](N)C(=O)Nc1cccc(Cl)c1. The van der Waals surface area contributed by atoms with E-state index < -0.39 is 6.04 Å². The van der Waals surface area contributed by atoms with E-state index in [-0.39, 0.29) is 11.8 Å². The third-order valence-corrected chi connectivity index (χ3v) is 2.35. The first kappa shape index (κ1) is 12.0. The summed E-state index contributed by atoms with van der Waals surface area (Å²) in [5.41, 5.74) is 6.37. The van der Waals surface area contributed by atoms with Crippen molar-refractivity contribution in [1.29, 1.82) is 0 Å². The van der Waals surface area contributed by atoms with Gasteiger partial charge in [-0.05, 0) is 24.1 Å². The number of carbonyl (C=O) groups is 1. The van der Waals surface area contributed by atoms with Crippen molar-refractivity contribution in [3.05, 3.63) is 29.3 Å². The van der Waals surface area contributed by atoms with E-state index in [1.807, 2.05) is 13.8 Å². The summed E-state index contributed by atoms with van der Waals surface area (Å²) in [5, 5.41) is 3.30. The van der Waals surface area contributed by atoms with Gasteiger partial charge in [0.1, 0.15) is 0 Å². The summed E-state index contributed by atoms with van der Waals surface area (Å²) in [6.07, 6.45) is 0. The lowest BCUT2D eigenvalue weighted by Gasteiger charge is -2.15. The molecule has 1 aromatic rings. The second kappa shape index (κ2) is 5.14. The number of benzene rings is 1. The normalized spacial score (nSPS) is 12.6. The van der Waals surface area contributed by atoms with E-state index in [1.54, 1.807) is 24.3 Å². The molecule has 82 valence electrons. The molecule has 0 aliphatic carbocycles. The summed E-state index contributed by atoms with van der Waals surface area (Å²) in [6, 6.07) is 6.49. The summed E-state index contributed by atoms with van der Waals surface area (Å²) < 4.78 is 0. The number of nitrogens with one attached hydrogen (secondary N) is 1. The molecule has 0 unspecified atom stereocenters. The molecule has 3 N–H and O–H groups in total. The monoisotopic (exact) mass is 226 g/mol. The highest BCUT2D eigenvalue weighted by Gasteiger charge is 2.16. The Labute approximate surface area is 94.6 Å². The van der Waals surface area contributed by atoms with Crippen molar-refractivity contribution in [3.8, 4) is 0 Å². The quantitative estimate of drug-likeness (QED) is 0.831. The number of anilines is 1. The third-order valence-electron chi connectivity index (χ3n) is 2.11. The van der Waals surface area contributed by atoms with Crippen molar-refractivity contribution in [1.82, 2.24) is 0 Å². The van der Waals surface area contributed by atoms with Gasteiger partial charge in [0.2, 0.25) is 5.91 Å². The maximum absolute atomic E-state index is 11.6. The van der Waals surface area contributed by atoms with E-state index in [1.165, 1.54) is 0 Å². The van der Waals surface area contributed by atoms with Gasteiger partial charge in [-0.15, -0.1) is 0 Å². The minimum atomic E-state index is -0.496. The number of hydrogen-bond acceptors (Lipinski definition) is 2. The molecule has 4 heteroatoms. The number of rotatable bonds is 3. The molecule has 1 rings (SSSR count). The van der Waals surface area contributed by atoms with Crippen LogP contribution in [0.25, 0.3) is 0 Å². The lowest BCUT2D eigenvalue weighted by Crippen LogP contribution is -2.39. The molecule has 1 amide bonds. The van der Waals surface area contributed by atoms with Gasteiger partial charge in [0, 0.05) is 10.7 Å². The van der Waals surface area contributed by atoms with Crippen LogP contribution in [0.5, 0.6) is 0 Å². The smallest absolute Gasteiger partial charge is 0.241 e. The van der Waals surface area contributed by atoms with Gasteiger partial charge in [-0.2, -0.15) is 0 Å². The molecule has 0 aromatic heterocycles. The Morgan fingerprint density at radius 1 is 1.47 bits per heavy atom. The lowest BCUT2D eigenvalue weighted by molar-refractivity contribution is -0.118. The van der Waals surface area contributed by atoms with Gasteiger partial charge in [0.25, 0.3) is 0 Å². The molecule has 0 aliphatic rings. The summed E-state index contributed by atoms with van der Waals surface area (Å²) in [5.74, 6) is -0.0727. The van der Waals surface area contributed by atoms with E-state index >= 15 is 0 Å². The highest BCUT2D eigenvalue weighted by atomic mass is 35.5. The van der Waals surface area contributed by atoms with Crippen molar-refractivity contribution in [2.24, 2.45) is 11.7 Å². The zero-order valence-corrected chi connectivity index (χ0v) is 9.58. The Balaban J connectivity index is 2.66. The zero-order chi connectivity index (χ0) is 11.4. The van der Waals surface area contributed by atoms with Crippen LogP contribution in [0.2, 0.25) is 5.02 Å². The standard InChI is InChI=1S/C11H15ClN2O/c1-7(2)10(13)11(15)14-9-5-3-4-8(12)6-9/h3-7,10H,13H2,1-2H3,(H,14,15)/t10-/m1/s1. The predicted molar refractivity (Wildman–Crippen MR) is 62.9 cm³/mol. The van der Waals surface area contributed by atoms with Crippen LogP contribution < -0.4 is 11.1 Å². The molecule has 1 atom stereocenters. The van der Waals surface area contributed by atoms with Gasteiger partial charge in [-0.3, -0.25) is 4.79 Å². The maximum atomic E-state index is 11.6. The number of hydrogen-bond donors (Lipinski definition) is 2. The fourth-order valence-electron chi connectivity index (χ4n) is 1.09. The van der Waals surface area contributed by atoms with Gasteiger partial charge >= 0.3 is 0 Å². The number of carbonyl (C=O) groups excluding carboxylic acids is 1. The first-order valence-electron chi connectivity index (χ1n) is 4.82. The van der Waals surface area contributed by atoms with Crippen LogP contribution in [0.1, 0.15) is 13.8 Å². The van der Waals surface area contributed by atoms with E-state index in [0.717, 1.165) is 0 Å². The molecule has 3 nitrogen and oxygen atoms in total. The average molecular weight is 227 g/mol. The largest absolute Gasteiger partial charge is 0.325 e. The lowest BCUT2D eigenvalue weighted by atomic mass is 10.1. The van der Waals surface area contributed by atoms with Gasteiger partial charge in [-0.25, -0.2) is 0 Å². The van der Waals surface area contributed by atoms with Crippen molar-refractivity contribution < 1.29 is 4.79 Å². The van der Waals surface area contributed by atoms with Crippen LogP contribution in [0.4, 0.5) is 5.69 Å². The van der Waals surface area contributed by atoms with Crippen LogP contribution >= 0.6 is 11.6 Å². The molecule has 0 aliphatic heterocycles. The van der Waals surface area contributed by atoms with Crippen LogP contribution in [0.15, 0.2) is 24.3 Å². The van der Waals surface area contributed by atoms with Crippen molar-refractivity contribution >= 4 is 23.2 Å². The van der Waals surface area contributed by atoms with Crippen LogP contribution in [0.3, 0.4) is 0 Å². The summed E-state index contributed by atoms with van der Waals surface area (Å²) in [4.78, 5) is 11.6. The van der Waals surface area contributed by atoms with Gasteiger partial charge < -0.3 is 11.1 Å². The van der Waals surface area contributed by atoms with E-state index in [4.69, 9.17) is 17.3 Å². The maximum Gasteiger partial charge on any atom is 0.241 e. The Morgan fingerprint density at radius 2 is 2.13 bits per heavy atom. The van der Waals surface area contributed by atoms with Crippen LogP contribution in [0, 0.1) is 5.92 Å². The van der Waals surface area contributed by atoms with Crippen molar-refractivity contribution in [2.75, 3.05) is 5.32 Å². The molecular formula is C11H15ClN2O. The summed E-state index contributed by atoms with van der Waals surface area (Å²) in [6.45, 7) is 3.81. The highest BCUT2D eigenvalue weighted by molar-refractivity contribution is 6.30. The minimum Gasteiger partial charge on any atom is -0.325 e. The molecule has 0 saturated carbocycles. The zero-order valence-electron chi connectivity index (χ0n) is 8.83. The number of amides is 1. The molecule has 0 fully saturated rings. The summed E-state index contributed by atoms with van der Waals surface area (Å²) in [7, 11) is 0. The van der Waals surface area contributed by atoms with Crippen LogP contribution in [-0.2, 0) is 4.79 Å². The fourth-order valence-corrected chi connectivity index (χ4v) is 1.28. The molecule has 0 spiro atoms.